The third kappa shape index (κ3) is 2.55. The highest BCUT2D eigenvalue weighted by Gasteiger charge is 2.10. The summed E-state index contributed by atoms with van der Waals surface area (Å²) in [6, 6.07) is 0. The van der Waals surface area contributed by atoms with Crippen molar-refractivity contribution in [3.8, 4) is 0 Å². The van der Waals surface area contributed by atoms with Crippen LogP contribution in [0.1, 0.15) is 23.0 Å². The molecule has 5 heteroatoms. The normalized spacial score (nSPS) is 12.5. The van der Waals surface area contributed by atoms with Crippen LogP contribution in [0.3, 0.4) is 0 Å². The molecule has 13 heavy (non-hydrogen) atoms. The van der Waals surface area contributed by atoms with Gasteiger partial charge in [-0.25, -0.2) is 0 Å². The van der Waals surface area contributed by atoms with Gasteiger partial charge in [0, 0.05) is 12.2 Å². The summed E-state index contributed by atoms with van der Waals surface area (Å²) in [4.78, 5) is 11.3. The van der Waals surface area contributed by atoms with Crippen LogP contribution in [0, 0.1) is 6.92 Å². The molecule has 1 rings (SSSR count). The van der Waals surface area contributed by atoms with Gasteiger partial charge in [0.05, 0.1) is 17.9 Å². The van der Waals surface area contributed by atoms with Gasteiger partial charge < -0.3 is 10.4 Å². The number of aryl methyl sites for hydroxylation is 1. The second-order valence-corrected chi connectivity index (χ2v) is 2.97. The van der Waals surface area contributed by atoms with Crippen LogP contribution in [0.4, 0.5) is 0 Å². The molecule has 1 heterocycles. The maximum atomic E-state index is 11.3. The van der Waals surface area contributed by atoms with E-state index in [1.54, 1.807) is 13.8 Å². The molecule has 0 aliphatic heterocycles. The lowest BCUT2D eigenvalue weighted by molar-refractivity contribution is 0.0923. The first-order chi connectivity index (χ1) is 6.11. The van der Waals surface area contributed by atoms with Crippen molar-refractivity contribution in [3.05, 3.63) is 17.5 Å². The van der Waals surface area contributed by atoms with Crippen molar-refractivity contribution in [1.29, 1.82) is 0 Å². The molecule has 0 bridgehead atoms. The fourth-order valence-electron chi connectivity index (χ4n) is 0.915. The number of aromatic nitrogens is 2. The molecule has 0 fully saturated rings. The lowest BCUT2D eigenvalue weighted by Crippen LogP contribution is -2.30. The number of amides is 1. The largest absolute Gasteiger partial charge is 0.392 e. The minimum absolute atomic E-state index is 0.216. The Bertz CT molecular complexity index is 293. The van der Waals surface area contributed by atoms with Crippen molar-refractivity contribution in [1.82, 2.24) is 15.5 Å². The molecule has 0 aliphatic rings. The Hall–Kier alpha value is -1.36. The fraction of sp³-hybridized carbons (Fsp3) is 0.500. The zero-order chi connectivity index (χ0) is 9.84. The first-order valence-corrected chi connectivity index (χ1v) is 4.07. The highest BCUT2D eigenvalue weighted by atomic mass is 16.3. The van der Waals surface area contributed by atoms with Gasteiger partial charge in [-0.2, -0.15) is 5.10 Å². The maximum absolute atomic E-state index is 11.3. The van der Waals surface area contributed by atoms with Crippen molar-refractivity contribution in [2.45, 2.75) is 20.0 Å². The van der Waals surface area contributed by atoms with Crippen LogP contribution in [0.25, 0.3) is 0 Å². The summed E-state index contributed by atoms with van der Waals surface area (Å²) in [5, 5.41) is 17.9. The summed E-state index contributed by atoms with van der Waals surface area (Å²) in [6.07, 6.45) is 0.934. The first-order valence-electron chi connectivity index (χ1n) is 4.07. The number of nitrogens with one attached hydrogen (secondary N) is 2. The Balaban J connectivity index is 2.54. The van der Waals surface area contributed by atoms with Crippen LogP contribution in [0.5, 0.6) is 0 Å². The molecule has 0 saturated carbocycles. The number of hydrogen-bond donors (Lipinski definition) is 3. The molecule has 5 nitrogen and oxygen atoms in total. The zero-order valence-corrected chi connectivity index (χ0v) is 7.66. The van der Waals surface area contributed by atoms with E-state index in [4.69, 9.17) is 5.11 Å². The van der Waals surface area contributed by atoms with Crippen LogP contribution in [-0.2, 0) is 0 Å². The summed E-state index contributed by atoms with van der Waals surface area (Å²) in [5.41, 5.74) is 1.24. The van der Waals surface area contributed by atoms with Gasteiger partial charge in [0.1, 0.15) is 0 Å². The molecular weight excluding hydrogens is 170 g/mol. The van der Waals surface area contributed by atoms with E-state index < -0.39 is 6.10 Å². The second kappa shape index (κ2) is 4.04. The van der Waals surface area contributed by atoms with Crippen molar-refractivity contribution in [2.24, 2.45) is 0 Å². The van der Waals surface area contributed by atoms with E-state index in [0.717, 1.165) is 5.69 Å². The molecule has 1 aromatic rings. The van der Waals surface area contributed by atoms with Gasteiger partial charge in [-0.1, -0.05) is 0 Å². The lowest BCUT2D eigenvalue weighted by atomic mass is 10.2. The standard InChI is InChI=1S/C8H13N3O2/c1-5(12)3-9-8(13)7-4-10-11-6(7)2/h4-5,12H,3H2,1-2H3,(H,9,13)(H,10,11)/t5-/m0/s1. The molecule has 1 atom stereocenters. The van der Waals surface area contributed by atoms with Gasteiger partial charge in [-0.15, -0.1) is 0 Å². The van der Waals surface area contributed by atoms with E-state index in [1.165, 1.54) is 6.20 Å². The first kappa shape index (κ1) is 9.73. The number of rotatable bonds is 3. The van der Waals surface area contributed by atoms with Crippen molar-refractivity contribution in [2.75, 3.05) is 6.54 Å². The summed E-state index contributed by atoms with van der Waals surface area (Å²) in [6.45, 7) is 3.64. The molecule has 3 N–H and O–H groups in total. The highest BCUT2D eigenvalue weighted by Crippen LogP contribution is 2.01. The summed E-state index contributed by atoms with van der Waals surface area (Å²) in [5.74, 6) is -0.216. The highest BCUT2D eigenvalue weighted by molar-refractivity contribution is 5.94. The Kier molecular flexibility index (Phi) is 3.02. The Morgan fingerprint density at radius 1 is 1.85 bits per heavy atom. The predicted molar refractivity (Wildman–Crippen MR) is 47.3 cm³/mol. The Morgan fingerprint density at radius 3 is 3.00 bits per heavy atom. The number of aromatic amines is 1. The van der Waals surface area contributed by atoms with Gasteiger partial charge in [0.25, 0.3) is 5.91 Å². The number of nitrogens with zero attached hydrogens (tertiary/aromatic N) is 1. The lowest BCUT2D eigenvalue weighted by Gasteiger charge is -2.05. The molecule has 0 aromatic carbocycles. The van der Waals surface area contributed by atoms with E-state index in [2.05, 4.69) is 15.5 Å². The van der Waals surface area contributed by atoms with E-state index in [0.29, 0.717) is 5.56 Å². The van der Waals surface area contributed by atoms with E-state index >= 15 is 0 Å². The van der Waals surface area contributed by atoms with Crippen molar-refractivity contribution >= 4 is 5.91 Å². The third-order valence-electron chi connectivity index (χ3n) is 1.63. The zero-order valence-electron chi connectivity index (χ0n) is 7.66. The molecule has 1 amide bonds. The molecule has 72 valence electrons. The molecule has 1 aromatic heterocycles. The summed E-state index contributed by atoms with van der Waals surface area (Å²) >= 11 is 0. The third-order valence-corrected chi connectivity index (χ3v) is 1.63. The fourth-order valence-corrected chi connectivity index (χ4v) is 0.915. The topological polar surface area (TPSA) is 78.0 Å². The second-order valence-electron chi connectivity index (χ2n) is 2.97. The monoisotopic (exact) mass is 183 g/mol. The molecule has 0 unspecified atom stereocenters. The van der Waals surface area contributed by atoms with Crippen LogP contribution in [0.2, 0.25) is 0 Å². The number of carbonyl (C=O) groups is 1. The molecule has 0 saturated heterocycles. The van der Waals surface area contributed by atoms with Crippen LogP contribution in [0.15, 0.2) is 6.20 Å². The number of H-pyrrole nitrogens is 1. The van der Waals surface area contributed by atoms with Crippen LogP contribution in [-0.4, -0.2) is 33.9 Å². The molecule has 0 radical (unpaired) electrons. The number of carbonyl (C=O) groups excluding carboxylic acids is 1. The molecule has 0 aliphatic carbocycles. The van der Waals surface area contributed by atoms with Crippen LogP contribution < -0.4 is 5.32 Å². The number of aliphatic hydroxyl groups is 1. The summed E-state index contributed by atoms with van der Waals surface area (Å²) < 4.78 is 0. The minimum atomic E-state index is -0.531. The predicted octanol–water partition coefficient (Wildman–Crippen LogP) is -0.171. The van der Waals surface area contributed by atoms with Crippen molar-refractivity contribution in [3.63, 3.8) is 0 Å². The minimum Gasteiger partial charge on any atom is -0.392 e. The smallest absolute Gasteiger partial charge is 0.254 e. The average molecular weight is 183 g/mol. The van der Waals surface area contributed by atoms with Gasteiger partial charge >= 0.3 is 0 Å². The molecular formula is C8H13N3O2. The van der Waals surface area contributed by atoms with Gasteiger partial charge in [0.15, 0.2) is 0 Å². The number of aliphatic hydroxyl groups excluding tert-OH is 1. The van der Waals surface area contributed by atoms with E-state index in [-0.39, 0.29) is 12.5 Å². The van der Waals surface area contributed by atoms with Gasteiger partial charge in [-0.05, 0) is 13.8 Å². The SMILES string of the molecule is Cc1[nH]ncc1C(=O)NC[C@H](C)O. The molecule has 0 spiro atoms. The Morgan fingerprint density at radius 2 is 2.54 bits per heavy atom. The van der Waals surface area contributed by atoms with Crippen LogP contribution >= 0.6 is 0 Å². The van der Waals surface area contributed by atoms with E-state index in [1.807, 2.05) is 0 Å². The Labute approximate surface area is 76.2 Å². The number of hydrogen-bond acceptors (Lipinski definition) is 3. The quantitative estimate of drug-likeness (QED) is 0.608. The van der Waals surface area contributed by atoms with Gasteiger partial charge in [-0.3, -0.25) is 9.89 Å². The van der Waals surface area contributed by atoms with E-state index in [9.17, 15) is 4.79 Å². The maximum Gasteiger partial charge on any atom is 0.254 e. The van der Waals surface area contributed by atoms with Gasteiger partial charge in [0.2, 0.25) is 0 Å². The summed E-state index contributed by atoms with van der Waals surface area (Å²) in [7, 11) is 0. The van der Waals surface area contributed by atoms with Crippen molar-refractivity contribution < 1.29 is 9.90 Å². The average Bonchev–Trinajstić information content (AvgIpc) is 2.47.